The van der Waals surface area contributed by atoms with Crippen LogP contribution in [0.25, 0.3) is 0 Å². The van der Waals surface area contributed by atoms with Gasteiger partial charge in [-0.25, -0.2) is 0 Å². The zero-order valence-corrected chi connectivity index (χ0v) is 23.2. The molecule has 212 valence electrons. The number of hydrogen-bond donors (Lipinski definition) is 0. The van der Waals surface area contributed by atoms with E-state index in [2.05, 4.69) is 39.0 Å². The van der Waals surface area contributed by atoms with Crippen molar-refractivity contribution in [2.75, 3.05) is 37.7 Å². The highest BCUT2D eigenvalue weighted by molar-refractivity contribution is 6.30. The van der Waals surface area contributed by atoms with E-state index in [1.807, 2.05) is 48.5 Å². The molecule has 0 saturated carbocycles. The van der Waals surface area contributed by atoms with Crippen molar-refractivity contribution >= 4 is 23.1 Å². The normalized spacial score (nSPS) is 17.0. The van der Waals surface area contributed by atoms with Crippen molar-refractivity contribution in [1.29, 1.82) is 0 Å². The minimum absolute atomic E-state index is 0.202. The first-order chi connectivity index (χ1) is 20.0. The number of nitrogens with zero attached hydrogens (tertiary/aromatic N) is 5. The topological polar surface area (TPSA) is 95.1 Å². The lowest BCUT2D eigenvalue weighted by Gasteiger charge is -2.36. The van der Waals surface area contributed by atoms with Gasteiger partial charge in [0.05, 0.1) is 0 Å². The van der Waals surface area contributed by atoms with Crippen molar-refractivity contribution in [2.24, 2.45) is 0 Å². The number of ether oxygens (including phenoxy) is 3. The van der Waals surface area contributed by atoms with Gasteiger partial charge >= 0.3 is 11.8 Å². The van der Waals surface area contributed by atoms with E-state index in [1.165, 1.54) is 17.4 Å². The predicted molar refractivity (Wildman–Crippen MR) is 155 cm³/mol. The molecule has 0 amide bonds. The van der Waals surface area contributed by atoms with Crippen molar-refractivity contribution in [3.8, 4) is 23.3 Å². The Kier molecular flexibility index (Phi) is 7.93. The lowest BCUT2D eigenvalue weighted by Crippen LogP contribution is -2.45. The number of fused-ring (bicyclic) bond motifs is 1. The fourth-order valence-electron chi connectivity index (χ4n) is 5.05. The molecule has 2 aliphatic heterocycles. The van der Waals surface area contributed by atoms with Crippen LogP contribution in [0.3, 0.4) is 0 Å². The van der Waals surface area contributed by atoms with Crippen molar-refractivity contribution < 1.29 is 19.1 Å². The largest absolute Gasteiger partial charge is 0.490 e. The lowest BCUT2D eigenvalue weighted by atomic mass is 10.1. The summed E-state index contributed by atoms with van der Waals surface area (Å²) in [5.41, 5.74) is 2.38. The second-order valence-corrected chi connectivity index (χ2v) is 10.6. The number of anilines is 1. The molecule has 11 heteroatoms. The van der Waals surface area contributed by atoms with Crippen LogP contribution in [0.15, 0.2) is 79.0 Å². The second kappa shape index (κ2) is 12.1. The summed E-state index contributed by atoms with van der Waals surface area (Å²) in [6.07, 6.45) is 1.89. The maximum absolute atomic E-state index is 11.0. The minimum atomic E-state index is -0.514. The maximum Gasteiger partial charge on any atom is 0.414 e. The lowest BCUT2D eigenvalue weighted by molar-refractivity contribution is -0.389. The summed E-state index contributed by atoms with van der Waals surface area (Å²) in [5, 5.41) is 11.6. The van der Waals surface area contributed by atoms with Gasteiger partial charge in [-0.1, -0.05) is 23.7 Å². The van der Waals surface area contributed by atoms with Gasteiger partial charge in [0.1, 0.15) is 36.2 Å². The number of hydrogen-bond acceptors (Lipinski definition) is 8. The summed E-state index contributed by atoms with van der Waals surface area (Å²) in [4.78, 5) is 19.2. The average molecular weight is 576 g/mol. The molecule has 0 unspecified atom stereocenters. The number of benzene rings is 3. The number of nitro groups is 1. The molecule has 1 aromatic heterocycles. The molecule has 1 saturated heterocycles. The van der Waals surface area contributed by atoms with Gasteiger partial charge in [0.15, 0.2) is 0 Å². The summed E-state index contributed by atoms with van der Waals surface area (Å²) < 4.78 is 19.4. The highest BCUT2D eigenvalue weighted by atomic mass is 35.5. The second-order valence-electron chi connectivity index (χ2n) is 10.1. The van der Waals surface area contributed by atoms with Gasteiger partial charge in [0, 0.05) is 61.4 Å². The Morgan fingerprint density at radius 3 is 2.46 bits per heavy atom. The molecule has 10 nitrogen and oxygen atoms in total. The van der Waals surface area contributed by atoms with E-state index in [0.717, 1.165) is 50.0 Å². The molecule has 41 heavy (non-hydrogen) atoms. The average Bonchev–Trinajstić information content (AvgIpc) is 3.42. The Morgan fingerprint density at radius 1 is 0.951 bits per heavy atom. The van der Waals surface area contributed by atoms with E-state index < -0.39 is 4.92 Å². The molecule has 2 aliphatic rings. The van der Waals surface area contributed by atoms with Crippen LogP contribution in [0.5, 0.6) is 23.3 Å². The molecule has 0 spiro atoms. The standard InChI is InChI=1S/C30H30ClN5O5/c31-23-4-8-26(9-5-23)40-27-3-1-2-22(18-27)19-33-14-16-34(17-15-33)24-6-10-25(11-7-24)39-21-28-12-13-35-20-29(36(37)38)32-30(35)41-28/h1-11,18,20,28H,12-17,19,21H2/t28-/m1/s1. The Bertz CT molecular complexity index is 1490. The highest BCUT2D eigenvalue weighted by Gasteiger charge is 2.28. The van der Waals surface area contributed by atoms with Gasteiger partial charge in [-0.15, -0.1) is 0 Å². The smallest absolute Gasteiger partial charge is 0.414 e. The van der Waals surface area contributed by atoms with Gasteiger partial charge in [0.2, 0.25) is 0 Å². The molecular weight excluding hydrogens is 546 g/mol. The van der Waals surface area contributed by atoms with Crippen LogP contribution in [-0.2, 0) is 13.1 Å². The van der Waals surface area contributed by atoms with Crippen LogP contribution in [0.4, 0.5) is 11.5 Å². The van der Waals surface area contributed by atoms with Gasteiger partial charge < -0.3 is 29.2 Å². The SMILES string of the molecule is O=[N+]([O-])c1cn2c(n1)O[C@@H](COc1ccc(N3CCN(Cc4cccc(Oc5ccc(Cl)cc5)c4)CC3)cc1)CC2. The van der Waals surface area contributed by atoms with Crippen LogP contribution in [0, 0.1) is 10.1 Å². The number of aryl methyl sites for hydroxylation is 1. The van der Waals surface area contributed by atoms with Crippen LogP contribution in [-0.4, -0.2) is 58.3 Å². The molecule has 6 rings (SSSR count). The monoisotopic (exact) mass is 575 g/mol. The zero-order valence-electron chi connectivity index (χ0n) is 22.4. The van der Waals surface area contributed by atoms with Crippen molar-refractivity contribution in [3.05, 3.63) is 99.7 Å². The van der Waals surface area contributed by atoms with Crippen LogP contribution in [0.1, 0.15) is 12.0 Å². The summed E-state index contributed by atoms with van der Waals surface area (Å²) in [5.74, 6) is 2.14. The van der Waals surface area contributed by atoms with Crippen LogP contribution in [0.2, 0.25) is 5.02 Å². The molecule has 0 aliphatic carbocycles. The Balaban J connectivity index is 0.959. The third kappa shape index (κ3) is 6.72. The van der Waals surface area contributed by atoms with E-state index >= 15 is 0 Å². The highest BCUT2D eigenvalue weighted by Crippen LogP contribution is 2.27. The number of piperazine rings is 1. The maximum atomic E-state index is 11.0. The van der Waals surface area contributed by atoms with E-state index in [9.17, 15) is 10.1 Å². The van der Waals surface area contributed by atoms with Gasteiger partial charge in [0.25, 0.3) is 0 Å². The molecule has 4 aromatic rings. The molecule has 3 aromatic carbocycles. The fourth-order valence-corrected chi connectivity index (χ4v) is 5.17. The van der Waals surface area contributed by atoms with E-state index in [1.54, 1.807) is 4.57 Å². The van der Waals surface area contributed by atoms with Crippen molar-refractivity contribution in [1.82, 2.24) is 14.5 Å². The summed E-state index contributed by atoms with van der Waals surface area (Å²) >= 11 is 5.97. The minimum Gasteiger partial charge on any atom is -0.490 e. The number of imidazole rings is 1. The molecular formula is C30H30ClN5O5. The van der Waals surface area contributed by atoms with E-state index in [4.69, 9.17) is 25.8 Å². The predicted octanol–water partition coefficient (Wildman–Crippen LogP) is 5.79. The van der Waals surface area contributed by atoms with Crippen LogP contribution >= 0.6 is 11.6 Å². The molecule has 1 atom stereocenters. The number of aromatic nitrogens is 2. The third-order valence-corrected chi connectivity index (χ3v) is 7.49. The Morgan fingerprint density at radius 2 is 1.71 bits per heavy atom. The van der Waals surface area contributed by atoms with E-state index in [0.29, 0.717) is 24.6 Å². The first kappa shape index (κ1) is 26.9. The molecule has 1 fully saturated rings. The Hall–Kier alpha value is -4.28. The molecule has 0 N–H and O–H groups in total. The van der Waals surface area contributed by atoms with E-state index in [-0.39, 0.29) is 17.9 Å². The molecule has 0 radical (unpaired) electrons. The first-order valence-corrected chi connectivity index (χ1v) is 14.0. The molecule has 0 bridgehead atoms. The van der Waals surface area contributed by atoms with Crippen molar-refractivity contribution in [3.63, 3.8) is 0 Å². The van der Waals surface area contributed by atoms with Crippen molar-refractivity contribution in [2.45, 2.75) is 25.6 Å². The first-order valence-electron chi connectivity index (χ1n) is 13.6. The summed E-state index contributed by atoms with van der Waals surface area (Å²) in [7, 11) is 0. The number of halogens is 1. The van der Waals surface area contributed by atoms with Gasteiger partial charge in [-0.2, -0.15) is 0 Å². The van der Waals surface area contributed by atoms with Gasteiger partial charge in [-0.3, -0.25) is 9.47 Å². The van der Waals surface area contributed by atoms with Crippen LogP contribution < -0.4 is 19.1 Å². The Labute approximate surface area is 242 Å². The number of rotatable bonds is 9. The summed E-state index contributed by atoms with van der Waals surface area (Å²) in [6.45, 7) is 5.64. The zero-order chi connectivity index (χ0) is 28.2. The molecule has 3 heterocycles. The fraction of sp³-hybridized carbons (Fsp3) is 0.300. The van der Waals surface area contributed by atoms with Gasteiger partial charge in [-0.05, 0) is 71.2 Å². The summed E-state index contributed by atoms with van der Waals surface area (Å²) in [6, 6.07) is 24.0. The third-order valence-electron chi connectivity index (χ3n) is 7.24. The quantitative estimate of drug-likeness (QED) is 0.183.